The van der Waals surface area contributed by atoms with Crippen LogP contribution in [0, 0.1) is 0 Å². The number of aromatic amines is 2. The number of aromatic nitrogens is 2. The molecule has 1 atom stereocenters. The van der Waals surface area contributed by atoms with Gasteiger partial charge >= 0.3 is 17.8 Å². The Balaban J connectivity index is 0.000000321. The van der Waals surface area contributed by atoms with Crippen LogP contribution in [0.2, 0.25) is 0 Å². The van der Waals surface area contributed by atoms with Crippen molar-refractivity contribution in [3.63, 3.8) is 0 Å². The smallest absolute Gasteiger partial charge is 0.475 e. The highest BCUT2D eigenvalue weighted by Gasteiger charge is 2.38. The summed E-state index contributed by atoms with van der Waals surface area (Å²) < 4.78 is 31.7. The molecule has 0 unspecified atom stereocenters. The Kier molecular flexibility index (Phi) is 6.99. The van der Waals surface area contributed by atoms with Crippen molar-refractivity contribution < 1.29 is 28.2 Å². The van der Waals surface area contributed by atoms with Crippen LogP contribution >= 0.6 is 0 Å². The minimum absolute atomic E-state index is 0.150. The van der Waals surface area contributed by atoms with E-state index in [1.54, 1.807) is 0 Å². The average Bonchev–Trinajstić information content (AvgIpc) is 3.15. The Bertz CT molecular complexity index is 818. The molecule has 0 aliphatic carbocycles. The van der Waals surface area contributed by atoms with Gasteiger partial charge in [-0.15, -0.1) is 0 Å². The second-order valence-electron chi connectivity index (χ2n) is 6.18. The molecule has 1 aliphatic heterocycles. The zero-order valence-electron chi connectivity index (χ0n) is 14.3. The Hall–Kier alpha value is -2.37. The summed E-state index contributed by atoms with van der Waals surface area (Å²) in [7, 11) is 0. The van der Waals surface area contributed by atoms with Crippen molar-refractivity contribution in [2.45, 2.75) is 25.2 Å². The van der Waals surface area contributed by atoms with Crippen LogP contribution in [0.5, 0.6) is 0 Å². The zero-order chi connectivity index (χ0) is 20.0. The van der Waals surface area contributed by atoms with E-state index in [-0.39, 0.29) is 11.8 Å². The van der Waals surface area contributed by atoms with Gasteiger partial charge in [-0.3, -0.25) is 4.90 Å². The van der Waals surface area contributed by atoms with E-state index in [4.69, 9.17) is 9.90 Å². The van der Waals surface area contributed by atoms with Crippen molar-refractivity contribution >= 4 is 17.0 Å². The van der Waals surface area contributed by atoms with Crippen LogP contribution in [-0.4, -0.2) is 69.5 Å². The van der Waals surface area contributed by atoms with Gasteiger partial charge in [0.05, 0.1) is 17.1 Å². The molecule has 0 bridgehead atoms. The van der Waals surface area contributed by atoms with Gasteiger partial charge in [0, 0.05) is 32.7 Å². The van der Waals surface area contributed by atoms with Gasteiger partial charge in [-0.25, -0.2) is 9.59 Å². The second-order valence-corrected chi connectivity index (χ2v) is 6.18. The van der Waals surface area contributed by atoms with Crippen LogP contribution in [0.3, 0.4) is 0 Å². The first-order chi connectivity index (χ1) is 12.6. The largest absolute Gasteiger partial charge is 0.490 e. The SMILES string of the molecule is O=C(O)C(F)(F)F.O=c1[nH]c2ccc(CNCCN3CC[C@@H](O)C3)cc2[nH]1. The molecule has 2 heterocycles. The Morgan fingerprint density at radius 2 is 1.96 bits per heavy atom. The molecule has 0 radical (unpaired) electrons. The molecule has 8 nitrogen and oxygen atoms in total. The number of H-pyrrole nitrogens is 2. The van der Waals surface area contributed by atoms with Crippen LogP contribution in [0.25, 0.3) is 11.0 Å². The van der Waals surface area contributed by atoms with E-state index in [9.17, 15) is 23.1 Å². The van der Waals surface area contributed by atoms with Crippen LogP contribution in [0.1, 0.15) is 12.0 Å². The summed E-state index contributed by atoms with van der Waals surface area (Å²) in [5, 5.41) is 20.0. The van der Waals surface area contributed by atoms with E-state index >= 15 is 0 Å². The summed E-state index contributed by atoms with van der Waals surface area (Å²) in [6.45, 7) is 4.41. The molecule has 1 fully saturated rings. The lowest BCUT2D eigenvalue weighted by Crippen LogP contribution is -2.30. The molecule has 1 saturated heterocycles. The highest BCUT2D eigenvalue weighted by molar-refractivity contribution is 5.75. The first kappa shape index (κ1) is 20.9. The molecule has 1 aromatic heterocycles. The predicted molar refractivity (Wildman–Crippen MR) is 91.4 cm³/mol. The number of carboxylic acid groups (broad SMARTS) is 1. The third kappa shape index (κ3) is 6.70. The average molecular weight is 390 g/mol. The molecular formula is C16H21F3N4O4. The molecule has 27 heavy (non-hydrogen) atoms. The maximum Gasteiger partial charge on any atom is 0.490 e. The monoisotopic (exact) mass is 390 g/mol. The number of benzene rings is 1. The van der Waals surface area contributed by atoms with Gasteiger partial charge < -0.3 is 25.5 Å². The molecular weight excluding hydrogens is 369 g/mol. The van der Waals surface area contributed by atoms with Crippen molar-refractivity contribution in [1.29, 1.82) is 0 Å². The van der Waals surface area contributed by atoms with Crippen LogP contribution < -0.4 is 11.0 Å². The number of aliphatic carboxylic acids is 1. The molecule has 1 aliphatic rings. The topological polar surface area (TPSA) is 121 Å². The van der Waals surface area contributed by atoms with Gasteiger partial charge in [0.1, 0.15) is 0 Å². The first-order valence-electron chi connectivity index (χ1n) is 8.27. The van der Waals surface area contributed by atoms with Gasteiger partial charge in [0.25, 0.3) is 0 Å². The van der Waals surface area contributed by atoms with Gasteiger partial charge in [0.15, 0.2) is 0 Å². The quantitative estimate of drug-likeness (QED) is 0.478. The van der Waals surface area contributed by atoms with Crippen LogP contribution in [-0.2, 0) is 11.3 Å². The summed E-state index contributed by atoms with van der Waals surface area (Å²) >= 11 is 0. The number of hydrogen-bond donors (Lipinski definition) is 5. The summed E-state index contributed by atoms with van der Waals surface area (Å²) in [6.07, 6.45) is -4.35. The minimum Gasteiger partial charge on any atom is -0.475 e. The number of nitrogens with one attached hydrogen (secondary N) is 3. The molecule has 0 saturated carbocycles. The number of alkyl halides is 3. The van der Waals surface area contributed by atoms with E-state index in [2.05, 4.69) is 20.2 Å². The molecule has 1 aromatic carbocycles. The van der Waals surface area contributed by atoms with Crippen LogP contribution in [0.4, 0.5) is 13.2 Å². The number of likely N-dealkylation sites (tertiary alicyclic amines) is 1. The number of aliphatic hydroxyl groups excluding tert-OH is 1. The molecule has 150 valence electrons. The number of β-amino-alcohol motifs (C(OH)–C–C–N with tert-alkyl or cyclic N) is 1. The molecule has 3 rings (SSSR count). The summed E-state index contributed by atoms with van der Waals surface area (Å²) in [5.41, 5.74) is 2.66. The number of imidazole rings is 1. The molecule has 5 N–H and O–H groups in total. The fraction of sp³-hybridized carbons (Fsp3) is 0.500. The number of hydrogen-bond acceptors (Lipinski definition) is 5. The summed E-state index contributed by atoms with van der Waals surface area (Å²) in [4.78, 5) is 27.8. The molecule has 0 spiro atoms. The van der Waals surface area contributed by atoms with Crippen molar-refractivity contribution in [1.82, 2.24) is 20.2 Å². The third-order valence-electron chi connectivity index (χ3n) is 4.00. The van der Waals surface area contributed by atoms with Gasteiger partial charge in [0.2, 0.25) is 0 Å². The van der Waals surface area contributed by atoms with Crippen LogP contribution in [0.15, 0.2) is 23.0 Å². The van der Waals surface area contributed by atoms with E-state index in [0.29, 0.717) is 0 Å². The maximum atomic E-state index is 11.2. The number of halogens is 3. The Morgan fingerprint density at radius 3 is 2.56 bits per heavy atom. The Labute approximate surface area is 152 Å². The third-order valence-corrected chi connectivity index (χ3v) is 4.00. The maximum absolute atomic E-state index is 11.2. The first-order valence-corrected chi connectivity index (χ1v) is 8.27. The van der Waals surface area contributed by atoms with Crippen molar-refractivity contribution in [3.05, 3.63) is 34.2 Å². The van der Waals surface area contributed by atoms with E-state index in [0.717, 1.165) is 55.7 Å². The standard InChI is InChI=1S/C14H20N4O2.C2HF3O2/c19-11-3-5-18(9-11)6-4-15-8-10-1-2-12-13(7-10)17-14(20)16-12;3-2(4,5)1(6)7/h1-2,7,11,15,19H,3-6,8-9H2,(H2,16,17,20);(H,6,7)/t11-;/m1./s1. The fourth-order valence-electron chi connectivity index (χ4n) is 2.67. The fourth-order valence-corrected chi connectivity index (χ4v) is 2.67. The van der Waals surface area contributed by atoms with Gasteiger partial charge in [-0.2, -0.15) is 13.2 Å². The molecule has 0 amide bonds. The van der Waals surface area contributed by atoms with Gasteiger partial charge in [-0.05, 0) is 24.1 Å². The van der Waals surface area contributed by atoms with Crippen molar-refractivity contribution in [2.75, 3.05) is 26.2 Å². The second kappa shape index (κ2) is 9.02. The van der Waals surface area contributed by atoms with Gasteiger partial charge in [-0.1, -0.05) is 6.07 Å². The normalized spacial score (nSPS) is 17.7. The minimum atomic E-state index is -5.08. The van der Waals surface area contributed by atoms with Crippen molar-refractivity contribution in [2.24, 2.45) is 0 Å². The number of aliphatic hydroxyl groups is 1. The lowest BCUT2D eigenvalue weighted by Gasteiger charge is -2.15. The zero-order valence-corrected chi connectivity index (χ0v) is 14.3. The predicted octanol–water partition coefficient (Wildman–Crippen LogP) is 0.646. The highest BCUT2D eigenvalue weighted by Crippen LogP contribution is 2.13. The highest BCUT2D eigenvalue weighted by atomic mass is 19.4. The lowest BCUT2D eigenvalue weighted by atomic mass is 10.2. The number of carboxylic acids is 1. The Morgan fingerprint density at radius 1 is 1.30 bits per heavy atom. The summed E-state index contributed by atoms with van der Waals surface area (Å²) in [6, 6.07) is 5.92. The number of carbonyl (C=O) groups is 1. The molecule has 2 aromatic rings. The number of fused-ring (bicyclic) bond motifs is 1. The van der Waals surface area contributed by atoms with E-state index in [1.165, 1.54) is 0 Å². The van der Waals surface area contributed by atoms with E-state index < -0.39 is 12.1 Å². The van der Waals surface area contributed by atoms with E-state index in [1.807, 2.05) is 18.2 Å². The molecule has 11 heteroatoms. The van der Waals surface area contributed by atoms with Crippen molar-refractivity contribution in [3.8, 4) is 0 Å². The summed E-state index contributed by atoms with van der Waals surface area (Å²) in [5.74, 6) is -2.76. The number of nitrogens with zero attached hydrogens (tertiary/aromatic N) is 1. The lowest BCUT2D eigenvalue weighted by molar-refractivity contribution is -0.192. The number of rotatable bonds is 5.